The van der Waals surface area contributed by atoms with Gasteiger partial charge < -0.3 is 14.0 Å². The van der Waals surface area contributed by atoms with E-state index in [9.17, 15) is 9.59 Å². The summed E-state index contributed by atoms with van der Waals surface area (Å²) in [7, 11) is 1.37. The molecule has 0 aliphatic carbocycles. The van der Waals surface area contributed by atoms with Crippen LogP contribution in [0.1, 0.15) is 46.0 Å². The minimum absolute atomic E-state index is 0.117. The molecule has 0 saturated carbocycles. The summed E-state index contributed by atoms with van der Waals surface area (Å²) in [5.41, 5.74) is 4.04. The van der Waals surface area contributed by atoms with Crippen molar-refractivity contribution in [2.24, 2.45) is 0 Å². The molecule has 1 aromatic heterocycles. The minimum Gasteiger partial charge on any atom is -0.465 e. The van der Waals surface area contributed by atoms with E-state index < -0.39 is 0 Å². The molecular weight excluding hydrogens is 356 g/mol. The molecule has 1 aliphatic heterocycles. The van der Waals surface area contributed by atoms with Crippen LogP contribution in [-0.4, -0.2) is 60.2 Å². The zero-order valence-electron chi connectivity index (χ0n) is 17.2. The predicted octanol–water partition coefficient (Wildman–Crippen LogP) is 3.17. The lowest BCUT2D eigenvalue weighted by atomic mass is 10.1. The number of methoxy groups -OCH3 is 1. The lowest BCUT2D eigenvalue weighted by molar-refractivity contribution is -0.0652. The van der Waals surface area contributed by atoms with Crippen LogP contribution in [0.5, 0.6) is 0 Å². The Bertz CT molecular complexity index is 859. The Balaban J connectivity index is 1.81. The van der Waals surface area contributed by atoms with Crippen molar-refractivity contribution < 1.29 is 19.1 Å². The third-order valence-electron chi connectivity index (χ3n) is 5.14. The third-order valence-corrected chi connectivity index (χ3v) is 5.14. The molecule has 0 amide bonds. The van der Waals surface area contributed by atoms with Gasteiger partial charge in [-0.2, -0.15) is 0 Å². The standard InChI is InChI=1S/C22H28N2O4/c1-14-10-20(21(25)13-23-11-15(2)28-16(3)12-23)17(4)24(14)19-8-6-18(7-9-19)22(26)27-5/h6-10,15-16H,11-13H2,1-5H3/t15-,16+. The molecule has 3 rings (SSSR count). The summed E-state index contributed by atoms with van der Waals surface area (Å²) in [6.45, 7) is 9.95. The average molecular weight is 384 g/mol. The van der Waals surface area contributed by atoms with E-state index >= 15 is 0 Å². The second kappa shape index (κ2) is 8.29. The number of carbonyl (C=O) groups excluding carboxylic acids is 2. The van der Waals surface area contributed by atoms with Gasteiger partial charge in [-0.15, -0.1) is 0 Å². The van der Waals surface area contributed by atoms with Crippen molar-refractivity contribution in [3.05, 3.63) is 52.8 Å². The molecular formula is C22H28N2O4. The first-order valence-electron chi connectivity index (χ1n) is 9.58. The predicted molar refractivity (Wildman–Crippen MR) is 107 cm³/mol. The molecule has 0 radical (unpaired) electrons. The summed E-state index contributed by atoms with van der Waals surface area (Å²) in [4.78, 5) is 26.8. The van der Waals surface area contributed by atoms with Gasteiger partial charge in [0.15, 0.2) is 5.78 Å². The second-order valence-corrected chi connectivity index (χ2v) is 7.53. The van der Waals surface area contributed by atoms with Crippen molar-refractivity contribution >= 4 is 11.8 Å². The first-order chi connectivity index (χ1) is 13.3. The summed E-state index contributed by atoms with van der Waals surface area (Å²) in [5.74, 6) is -0.246. The molecule has 2 aromatic rings. The molecule has 150 valence electrons. The number of ether oxygens (including phenoxy) is 2. The molecule has 1 fully saturated rings. The van der Waals surface area contributed by atoms with E-state index in [1.54, 1.807) is 12.1 Å². The van der Waals surface area contributed by atoms with Crippen LogP contribution in [0.4, 0.5) is 0 Å². The molecule has 6 heteroatoms. The van der Waals surface area contributed by atoms with Crippen molar-refractivity contribution in [1.29, 1.82) is 0 Å². The zero-order chi connectivity index (χ0) is 20.4. The first-order valence-corrected chi connectivity index (χ1v) is 9.58. The number of aromatic nitrogens is 1. The van der Waals surface area contributed by atoms with Crippen molar-refractivity contribution in [3.63, 3.8) is 0 Å². The van der Waals surface area contributed by atoms with Gasteiger partial charge in [0.25, 0.3) is 0 Å². The number of ketones is 1. The van der Waals surface area contributed by atoms with Crippen molar-refractivity contribution in [1.82, 2.24) is 9.47 Å². The smallest absolute Gasteiger partial charge is 0.337 e. The van der Waals surface area contributed by atoms with Gasteiger partial charge in [-0.1, -0.05) is 0 Å². The Kier molecular flexibility index (Phi) is 6.01. The fraction of sp³-hybridized carbons (Fsp3) is 0.455. The fourth-order valence-corrected chi connectivity index (χ4v) is 4.01. The Labute approximate surface area is 166 Å². The number of nitrogens with zero attached hydrogens (tertiary/aromatic N) is 2. The summed E-state index contributed by atoms with van der Waals surface area (Å²) < 4.78 is 12.5. The number of rotatable bonds is 5. The molecule has 1 aliphatic rings. The highest BCUT2D eigenvalue weighted by molar-refractivity contribution is 5.99. The van der Waals surface area contributed by atoms with Crippen molar-refractivity contribution in [2.45, 2.75) is 39.9 Å². The zero-order valence-corrected chi connectivity index (χ0v) is 17.2. The molecule has 28 heavy (non-hydrogen) atoms. The Hall–Kier alpha value is -2.44. The van der Waals surface area contributed by atoms with Crippen molar-refractivity contribution in [3.8, 4) is 5.69 Å². The maximum absolute atomic E-state index is 13.0. The average Bonchev–Trinajstić information content (AvgIpc) is 2.94. The second-order valence-electron chi connectivity index (χ2n) is 7.53. The van der Waals surface area contributed by atoms with Gasteiger partial charge in [-0.05, 0) is 58.0 Å². The van der Waals surface area contributed by atoms with E-state index in [1.165, 1.54) is 7.11 Å². The van der Waals surface area contributed by atoms with Crippen LogP contribution >= 0.6 is 0 Å². The largest absolute Gasteiger partial charge is 0.465 e. The van der Waals surface area contributed by atoms with Crippen LogP contribution in [0.15, 0.2) is 30.3 Å². The lowest BCUT2D eigenvalue weighted by Gasteiger charge is -2.34. The maximum atomic E-state index is 13.0. The molecule has 2 heterocycles. The van der Waals surface area contributed by atoms with Crippen LogP contribution in [0, 0.1) is 13.8 Å². The number of morpholine rings is 1. The SMILES string of the molecule is COC(=O)c1ccc(-n2c(C)cc(C(=O)CN3C[C@@H](C)O[C@@H](C)C3)c2C)cc1. The van der Waals surface area contributed by atoms with Crippen LogP contribution in [0.3, 0.4) is 0 Å². The quantitative estimate of drug-likeness (QED) is 0.585. The molecule has 0 bridgehead atoms. The van der Waals surface area contributed by atoms with Gasteiger partial charge in [0, 0.05) is 35.7 Å². The number of esters is 1. The van der Waals surface area contributed by atoms with Gasteiger partial charge in [0.2, 0.25) is 0 Å². The number of Topliss-reactive ketones (excluding diaryl/α,β-unsaturated/α-hetero) is 1. The van der Waals surface area contributed by atoms with E-state index in [-0.39, 0.29) is 24.0 Å². The molecule has 0 spiro atoms. The number of aryl methyl sites for hydroxylation is 1. The van der Waals surface area contributed by atoms with E-state index in [4.69, 9.17) is 9.47 Å². The number of hydrogen-bond donors (Lipinski definition) is 0. The third kappa shape index (κ3) is 4.18. The van der Waals surface area contributed by atoms with Gasteiger partial charge in [0.1, 0.15) is 0 Å². The maximum Gasteiger partial charge on any atom is 0.337 e. The fourth-order valence-electron chi connectivity index (χ4n) is 4.01. The minimum atomic E-state index is -0.364. The molecule has 1 aromatic carbocycles. The molecule has 6 nitrogen and oxygen atoms in total. The van der Waals surface area contributed by atoms with Crippen LogP contribution in [0.25, 0.3) is 5.69 Å². The van der Waals surface area contributed by atoms with Crippen LogP contribution < -0.4 is 0 Å². The Morgan fingerprint density at radius 3 is 2.29 bits per heavy atom. The summed E-state index contributed by atoms with van der Waals surface area (Å²) in [6, 6.07) is 9.15. The Morgan fingerprint density at radius 1 is 1.11 bits per heavy atom. The van der Waals surface area contributed by atoms with Gasteiger partial charge in [-0.25, -0.2) is 4.79 Å². The monoisotopic (exact) mass is 384 g/mol. The summed E-state index contributed by atoms with van der Waals surface area (Å²) in [5, 5.41) is 0. The van der Waals surface area contributed by atoms with Gasteiger partial charge in [0.05, 0.1) is 31.4 Å². The molecule has 1 saturated heterocycles. The molecule has 2 atom stereocenters. The van der Waals surface area contributed by atoms with E-state index in [2.05, 4.69) is 4.90 Å². The van der Waals surface area contributed by atoms with Gasteiger partial charge in [-0.3, -0.25) is 9.69 Å². The van der Waals surface area contributed by atoms with E-state index in [1.807, 2.05) is 50.5 Å². The summed E-state index contributed by atoms with van der Waals surface area (Å²) in [6.07, 6.45) is 0.273. The molecule has 0 N–H and O–H groups in total. The highest BCUT2D eigenvalue weighted by Crippen LogP contribution is 2.22. The summed E-state index contributed by atoms with van der Waals surface area (Å²) >= 11 is 0. The lowest BCUT2D eigenvalue weighted by Crippen LogP contribution is -2.47. The van der Waals surface area contributed by atoms with Crippen molar-refractivity contribution in [2.75, 3.05) is 26.7 Å². The van der Waals surface area contributed by atoms with Crippen LogP contribution in [-0.2, 0) is 9.47 Å². The first kappa shape index (κ1) is 20.3. The van der Waals surface area contributed by atoms with Gasteiger partial charge >= 0.3 is 5.97 Å². The molecule has 0 unspecified atom stereocenters. The highest BCUT2D eigenvalue weighted by Gasteiger charge is 2.25. The highest BCUT2D eigenvalue weighted by atomic mass is 16.5. The number of benzene rings is 1. The number of carbonyl (C=O) groups is 2. The van der Waals surface area contributed by atoms with E-state index in [0.29, 0.717) is 12.1 Å². The normalized spacial score (nSPS) is 20.2. The number of hydrogen-bond acceptors (Lipinski definition) is 5. The van der Waals surface area contributed by atoms with E-state index in [0.717, 1.165) is 35.7 Å². The topological polar surface area (TPSA) is 60.8 Å². The van der Waals surface area contributed by atoms with Crippen LogP contribution in [0.2, 0.25) is 0 Å². The Morgan fingerprint density at radius 2 is 1.71 bits per heavy atom.